The van der Waals surface area contributed by atoms with Gasteiger partial charge in [0, 0.05) is 18.3 Å². The predicted octanol–water partition coefficient (Wildman–Crippen LogP) is 1.57. The van der Waals surface area contributed by atoms with Gasteiger partial charge in [0.05, 0.1) is 17.4 Å². The number of hydrogen-bond donors (Lipinski definition) is 4. The van der Waals surface area contributed by atoms with Crippen LogP contribution in [0.1, 0.15) is 15.9 Å². The van der Waals surface area contributed by atoms with Crippen LogP contribution in [0.5, 0.6) is 0 Å². The van der Waals surface area contributed by atoms with Crippen molar-refractivity contribution >= 4 is 17.7 Å². The summed E-state index contributed by atoms with van der Waals surface area (Å²) in [4.78, 5) is 22.6. The van der Waals surface area contributed by atoms with E-state index in [1.165, 1.54) is 6.07 Å². The highest BCUT2D eigenvalue weighted by molar-refractivity contribution is 5.99. The van der Waals surface area contributed by atoms with Gasteiger partial charge in [-0.05, 0) is 18.2 Å². The van der Waals surface area contributed by atoms with Crippen molar-refractivity contribution in [2.24, 2.45) is 0 Å². The van der Waals surface area contributed by atoms with E-state index in [4.69, 9.17) is 5.11 Å². The molecule has 2 amide bonds. The quantitative estimate of drug-likeness (QED) is 0.680. The van der Waals surface area contributed by atoms with E-state index in [9.17, 15) is 14.0 Å². The molecule has 8 heteroatoms. The average Bonchev–Trinajstić information content (AvgIpc) is 2.91. The van der Waals surface area contributed by atoms with Crippen LogP contribution in [0.25, 0.3) is 0 Å². The molecule has 1 aromatic heterocycles. The molecule has 1 aromatic carbocycles. The van der Waals surface area contributed by atoms with Crippen molar-refractivity contribution in [3.05, 3.63) is 47.5 Å². The van der Waals surface area contributed by atoms with E-state index in [-0.39, 0.29) is 17.8 Å². The average molecular weight is 278 g/mol. The molecule has 0 aliphatic carbocycles. The summed E-state index contributed by atoms with van der Waals surface area (Å²) >= 11 is 0. The summed E-state index contributed by atoms with van der Waals surface area (Å²) in [6.45, 7) is 0.228. The number of urea groups is 1. The standard InChI is InChI=1S/C12H11FN4O3/c13-8-1-2-10(9(3-8)11(18)19)17-12(20)14-4-7-5-15-16-6-7/h1-3,5-6H,4H2,(H,15,16)(H,18,19)(H2,14,17,20). The molecule has 7 nitrogen and oxygen atoms in total. The first kappa shape index (κ1) is 13.5. The van der Waals surface area contributed by atoms with Gasteiger partial charge in [-0.3, -0.25) is 5.10 Å². The lowest BCUT2D eigenvalue weighted by atomic mass is 10.2. The van der Waals surface area contributed by atoms with Crippen molar-refractivity contribution in [1.82, 2.24) is 15.5 Å². The van der Waals surface area contributed by atoms with Gasteiger partial charge in [0.15, 0.2) is 0 Å². The molecule has 0 bridgehead atoms. The van der Waals surface area contributed by atoms with Crippen LogP contribution < -0.4 is 10.6 Å². The maximum atomic E-state index is 13.0. The Hall–Kier alpha value is -2.90. The number of H-pyrrole nitrogens is 1. The van der Waals surface area contributed by atoms with Gasteiger partial charge in [-0.2, -0.15) is 5.10 Å². The number of carbonyl (C=O) groups excluding carboxylic acids is 1. The Kier molecular flexibility index (Phi) is 3.94. The first-order chi connectivity index (χ1) is 9.56. The highest BCUT2D eigenvalue weighted by atomic mass is 19.1. The van der Waals surface area contributed by atoms with Crippen LogP contribution in [0.4, 0.5) is 14.9 Å². The van der Waals surface area contributed by atoms with Crippen molar-refractivity contribution in [2.75, 3.05) is 5.32 Å². The van der Waals surface area contributed by atoms with Gasteiger partial charge in [0.1, 0.15) is 5.82 Å². The summed E-state index contributed by atoms with van der Waals surface area (Å²) in [5.74, 6) is -2.01. The van der Waals surface area contributed by atoms with Gasteiger partial charge in [-0.25, -0.2) is 14.0 Å². The predicted molar refractivity (Wildman–Crippen MR) is 67.8 cm³/mol. The van der Waals surface area contributed by atoms with Gasteiger partial charge in [-0.1, -0.05) is 0 Å². The highest BCUT2D eigenvalue weighted by Gasteiger charge is 2.13. The van der Waals surface area contributed by atoms with Crippen LogP contribution in [0, 0.1) is 5.82 Å². The number of carboxylic acid groups (broad SMARTS) is 1. The van der Waals surface area contributed by atoms with E-state index in [1.807, 2.05) is 0 Å². The highest BCUT2D eigenvalue weighted by Crippen LogP contribution is 2.16. The van der Waals surface area contributed by atoms with E-state index in [0.29, 0.717) is 0 Å². The molecular formula is C12H11FN4O3. The number of amides is 2. The molecule has 0 aliphatic heterocycles. The van der Waals surface area contributed by atoms with Crippen molar-refractivity contribution in [3.63, 3.8) is 0 Å². The Morgan fingerprint density at radius 3 is 2.85 bits per heavy atom. The lowest BCUT2D eigenvalue weighted by Gasteiger charge is -2.09. The second kappa shape index (κ2) is 5.83. The SMILES string of the molecule is O=C(NCc1cn[nH]c1)Nc1ccc(F)cc1C(=O)O. The number of aromatic carboxylic acids is 1. The summed E-state index contributed by atoms with van der Waals surface area (Å²) < 4.78 is 13.0. The van der Waals surface area contributed by atoms with Crippen LogP contribution in [-0.4, -0.2) is 27.3 Å². The maximum Gasteiger partial charge on any atom is 0.337 e. The van der Waals surface area contributed by atoms with Crippen molar-refractivity contribution < 1.29 is 19.1 Å². The van der Waals surface area contributed by atoms with Gasteiger partial charge in [0.25, 0.3) is 0 Å². The summed E-state index contributed by atoms with van der Waals surface area (Å²) in [5.41, 5.74) is 0.463. The zero-order chi connectivity index (χ0) is 14.5. The van der Waals surface area contributed by atoms with Crippen molar-refractivity contribution in [3.8, 4) is 0 Å². The number of benzene rings is 1. The van der Waals surface area contributed by atoms with E-state index in [1.54, 1.807) is 12.4 Å². The molecule has 20 heavy (non-hydrogen) atoms. The number of nitrogens with zero attached hydrogens (tertiary/aromatic N) is 1. The first-order valence-corrected chi connectivity index (χ1v) is 5.61. The molecular weight excluding hydrogens is 267 g/mol. The van der Waals surface area contributed by atoms with E-state index >= 15 is 0 Å². The van der Waals surface area contributed by atoms with Crippen molar-refractivity contribution in [1.29, 1.82) is 0 Å². The summed E-state index contributed by atoms with van der Waals surface area (Å²) in [6, 6.07) is 2.50. The Balaban J connectivity index is 2.02. The minimum absolute atomic E-state index is 0.0172. The van der Waals surface area contributed by atoms with Crippen LogP contribution in [0.3, 0.4) is 0 Å². The fourth-order valence-electron chi connectivity index (χ4n) is 1.53. The number of anilines is 1. The zero-order valence-corrected chi connectivity index (χ0v) is 10.2. The van der Waals surface area contributed by atoms with Crippen LogP contribution in [0.2, 0.25) is 0 Å². The second-order valence-electron chi connectivity index (χ2n) is 3.91. The number of aromatic amines is 1. The minimum atomic E-state index is -1.32. The number of hydrogen-bond acceptors (Lipinski definition) is 3. The van der Waals surface area contributed by atoms with Crippen LogP contribution in [0.15, 0.2) is 30.6 Å². The fraction of sp³-hybridized carbons (Fsp3) is 0.0833. The molecule has 0 aliphatic rings. The molecule has 2 aromatic rings. The van der Waals surface area contributed by atoms with Crippen molar-refractivity contribution in [2.45, 2.75) is 6.54 Å². The third-order valence-corrected chi connectivity index (χ3v) is 2.47. The molecule has 0 radical (unpaired) electrons. The molecule has 0 unspecified atom stereocenters. The Labute approximate surface area is 112 Å². The minimum Gasteiger partial charge on any atom is -0.478 e. The Bertz CT molecular complexity index is 628. The second-order valence-corrected chi connectivity index (χ2v) is 3.91. The smallest absolute Gasteiger partial charge is 0.337 e. The molecule has 1 heterocycles. The largest absolute Gasteiger partial charge is 0.478 e. The maximum absolute atomic E-state index is 13.0. The van der Waals surface area contributed by atoms with E-state index in [2.05, 4.69) is 20.8 Å². The fourth-order valence-corrected chi connectivity index (χ4v) is 1.53. The Morgan fingerprint density at radius 2 is 2.20 bits per heavy atom. The van der Waals surface area contributed by atoms with Gasteiger partial charge < -0.3 is 15.7 Å². The molecule has 0 spiro atoms. The van der Waals surface area contributed by atoms with Crippen LogP contribution in [-0.2, 0) is 6.54 Å². The van der Waals surface area contributed by atoms with Gasteiger partial charge >= 0.3 is 12.0 Å². The molecule has 0 saturated carbocycles. The summed E-state index contributed by atoms with van der Waals surface area (Å²) in [6.07, 6.45) is 3.15. The van der Waals surface area contributed by atoms with Gasteiger partial charge in [-0.15, -0.1) is 0 Å². The molecule has 0 saturated heterocycles. The zero-order valence-electron chi connectivity index (χ0n) is 10.2. The number of carbonyl (C=O) groups is 2. The lowest BCUT2D eigenvalue weighted by Crippen LogP contribution is -2.28. The van der Waals surface area contributed by atoms with Crippen LogP contribution >= 0.6 is 0 Å². The number of halogens is 1. The molecule has 0 atom stereocenters. The summed E-state index contributed by atoms with van der Waals surface area (Å²) in [5, 5.41) is 20.1. The van der Waals surface area contributed by atoms with E-state index in [0.717, 1.165) is 17.7 Å². The third kappa shape index (κ3) is 3.31. The molecule has 2 rings (SSSR count). The first-order valence-electron chi connectivity index (χ1n) is 5.61. The number of carboxylic acids is 1. The normalized spacial score (nSPS) is 10.1. The third-order valence-electron chi connectivity index (χ3n) is 2.47. The molecule has 4 N–H and O–H groups in total. The van der Waals surface area contributed by atoms with Gasteiger partial charge in [0.2, 0.25) is 0 Å². The monoisotopic (exact) mass is 278 g/mol. The number of rotatable bonds is 4. The number of nitrogens with one attached hydrogen (secondary N) is 3. The topological polar surface area (TPSA) is 107 Å². The molecule has 0 fully saturated rings. The van der Waals surface area contributed by atoms with E-state index < -0.39 is 17.8 Å². The summed E-state index contributed by atoms with van der Waals surface area (Å²) in [7, 11) is 0. The molecule has 104 valence electrons. The lowest BCUT2D eigenvalue weighted by molar-refractivity contribution is 0.0697. The Morgan fingerprint density at radius 1 is 1.40 bits per heavy atom. The number of aromatic nitrogens is 2.